The van der Waals surface area contributed by atoms with Crippen LogP contribution < -0.4 is 20.1 Å². The molecular weight excluding hydrogens is 356 g/mol. The molecule has 0 aromatic heterocycles. The summed E-state index contributed by atoms with van der Waals surface area (Å²) in [4.78, 5) is 23.6. The third-order valence-electron chi connectivity index (χ3n) is 4.14. The molecule has 2 heterocycles. The van der Waals surface area contributed by atoms with Gasteiger partial charge in [0.05, 0.1) is 5.02 Å². The number of carbonyl (C=O) groups excluding carboxylic acids is 2. The van der Waals surface area contributed by atoms with Crippen LogP contribution >= 0.6 is 11.6 Å². The number of benzene rings is 2. The summed E-state index contributed by atoms with van der Waals surface area (Å²) in [6, 6.07) is 8.90. The van der Waals surface area contributed by atoms with E-state index in [0.717, 1.165) is 16.8 Å². The van der Waals surface area contributed by atoms with Gasteiger partial charge in [0.15, 0.2) is 11.5 Å². The molecule has 2 aromatic rings. The van der Waals surface area contributed by atoms with Crippen LogP contribution in [0.3, 0.4) is 0 Å². The van der Waals surface area contributed by atoms with Gasteiger partial charge in [-0.15, -0.1) is 0 Å². The van der Waals surface area contributed by atoms with E-state index in [-0.39, 0.29) is 18.6 Å². The van der Waals surface area contributed by atoms with Gasteiger partial charge >= 0.3 is 0 Å². The fourth-order valence-electron chi connectivity index (χ4n) is 2.90. The molecular formula is C19H15ClN2O4. The number of nitrogens with one attached hydrogen (secondary N) is 2. The number of rotatable bonds is 3. The first-order valence-corrected chi connectivity index (χ1v) is 8.47. The van der Waals surface area contributed by atoms with Crippen LogP contribution in [-0.4, -0.2) is 18.6 Å². The highest BCUT2D eigenvalue weighted by Crippen LogP contribution is 2.40. The molecule has 4 rings (SSSR count). The van der Waals surface area contributed by atoms with Gasteiger partial charge < -0.3 is 20.1 Å². The van der Waals surface area contributed by atoms with E-state index in [1.54, 1.807) is 30.3 Å². The predicted octanol–water partition coefficient (Wildman–Crippen LogP) is 3.61. The van der Waals surface area contributed by atoms with Crippen molar-refractivity contribution in [1.29, 1.82) is 0 Å². The van der Waals surface area contributed by atoms with Gasteiger partial charge in [-0.2, -0.15) is 0 Å². The first-order chi connectivity index (χ1) is 12.6. The highest BCUT2D eigenvalue weighted by molar-refractivity contribution is 6.32. The van der Waals surface area contributed by atoms with Crippen LogP contribution in [0.5, 0.6) is 11.5 Å². The Morgan fingerprint density at radius 1 is 1.19 bits per heavy atom. The number of fused-ring (bicyclic) bond motifs is 2. The van der Waals surface area contributed by atoms with Crippen LogP contribution in [0.4, 0.5) is 11.4 Å². The van der Waals surface area contributed by atoms with Crippen molar-refractivity contribution in [2.75, 3.05) is 17.4 Å². The summed E-state index contributed by atoms with van der Waals surface area (Å²) in [5, 5.41) is 6.07. The molecule has 0 radical (unpaired) electrons. The molecule has 2 aromatic carbocycles. The highest BCUT2D eigenvalue weighted by atomic mass is 35.5. The Bertz CT molecular complexity index is 939. The average molecular weight is 371 g/mol. The van der Waals surface area contributed by atoms with Gasteiger partial charge in [0.2, 0.25) is 18.6 Å². The van der Waals surface area contributed by atoms with Crippen LogP contribution in [-0.2, 0) is 16.0 Å². The summed E-state index contributed by atoms with van der Waals surface area (Å²) >= 11 is 6.13. The van der Waals surface area contributed by atoms with Gasteiger partial charge in [-0.25, -0.2) is 0 Å². The average Bonchev–Trinajstić information content (AvgIpc) is 3.09. The number of aryl methyl sites for hydroxylation is 1. The largest absolute Gasteiger partial charge is 0.454 e. The molecule has 0 atom stereocenters. The number of ether oxygens (including phenoxy) is 2. The third kappa shape index (κ3) is 3.36. The first-order valence-electron chi connectivity index (χ1n) is 8.09. The molecule has 132 valence electrons. The van der Waals surface area contributed by atoms with E-state index in [4.69, 9.17) is 21.1 Å². The van der Waals surface area contributed by atoms with Crippen LogP contribution in [0.25, 0.3) is 6.08 Å². The quantitative estimate of drug-likeness (QED) is 0.809. The molecule has 0 aliphatic carbocycles. The minimum Gasteiger partial charge on any atom is -0.454 e. The van der Waals surface area contributed by atoms with Crippen molar-refractivity contribution in [3.05, 3.63) is 52.6 Å². The van der Waals surface area contributed by atoms with Crippen LogP contribution in [0.2, 0.25) is 5.02 Å². The molecule has 0 spiro atoms. The van der Waals surface area contributed by atoms with Crippen LogP contribution in [0.15, 0.2) is 36.4 Å². The van der Waals surface area contributed by atoms with E-state index in [2.05, 4.69) is 10.6 Å². The van der Waals surface area contributed by atoms with Crippen LogP contribution in [0.1, 0.15) is 17.5 Å². The van der Waals surface area contributed by atoms with E-state index in [9.17, 15) is 9.59 Å². The Morgan fingerprint density at radius 2 is 2.08 bits per heavy atom. The molecule has 0 fully saturated rings. The predicted molar refractivity (Wildman–Crippen MR) is 98.6 cm³/mol. The molecule has 26 heavy (non-hydrogen) atoms. The minimum absolute atomic E-state index is 0.0135. The van der Waals surface area contributed by atoms with Crippen molar-refractivity contribution in [3.8, 4) is 11.5 Å². The second-order valence-electron chi connectivity index (χ2n) is 5.98. The number of hydrogen-bond acceptors (Lipinski definition) is 4. The first kappa shape index (κ1) is 16.5. The van der Waals surface area contributed by atoms with Gasteiger partial charge in [-0.05, 0) is 54.0 Å². The lowest BCUT2D eigenvalue weighted by molar-refractivity contribution is -0.116. The van der Waals surface area contributed by atoms with E-state index in [1.165, 1.54) is 6.08 Å². The number of halogens is 1. The summed E-state index contributed by atoms with van der Waals surface area (Å²) in [5.41, 5.74) is 3.22. The smallest absolute Gasteiger partial charge is 0.248 e. The fourth-order valence-corrected chi connectivity index (χ4v) is 3.17. The van der Waals surface area contributed by atoms with Crippen molar-refractivity contribution in [3.63, 3.8) is 0 Å². The SMILES string of the molecule is O=C(/C=C/c1cc(Cl)c2c(c1)OCO2)Nc1ccc2c(c1)CCC(=O)N2. The molecule has 0 unspecified atom stereocenters. The number of anilines is 2. The maximum Gasteiger partial charge on any atom is 0.248 e. The lowest BCUT2D eigenvalue weighted by atomic mass is 10.0. The van der Waals surface area contributed by atoms with Crippen LogP contribution in [0, 0.1) is 0 Å². The Balaban J connectivity index is 1.45. The Hall–Kier alpha value is -2.99. The zero-order valence-corrected chi connectivity index (χ0v) is 14.4. The lowest BCUT2D eigenvalue weighted by Crippen LogP contribution is -2.19. The van der Waals surface area contributed by atoms with Crippen molar-refractivity contribution in [2.24, 2.45) is 0 Å². The number of hydrogen-bond donors (Lipinski definition) is 2. The number of amides is 2. The normalized spacial score (nSPS) is 14.9. The van der Waals surface area contributed by atoms with Gasteiger partial charge in [-0.1, -0.05) is 11.6 Å². The summed E-state index contributed by atoms with van der Waals surface area (Å²) in [6.45, 7) is 0.140. The van der Waals surface area contributed by atoms with Crippen molar-refractivity contribution < 1.29 is 19.1 Å². The third-order valence-corrected chi connectivity index (χ3v) is 4.43. The second-order valence-corrected chi connectivity index (χ2v) is 6.39. The molecule has 6 nitrogen and oxygen atoms in total. The standard InChI is InChI=1S/C19H15ClN2O4/c20-14-7-11(8-16-19(14)26-10-25-16)1-5-17(23)21-13-3-4-15-12(9-13)2-6-18(24)22-15/h1,3-5,7-9H,2,6,10H2,(H,21,23)(H,22,24)/b5-1+. The number of carbonyl (C=O) groups is 2. The minimum atomic E-state index is -0.265. The fraction of sp³-hybridized carbons (Fsp3) is 0.158. The Morgan fingerprint density at radius 3 is 2.96 bits per heavy atom. The maximum absolute atomic E-state index is 12.2. The van der Waals surface area contributed by atoms with Crippen molar-refractivity contribution >= 4 is 40.9 Å². The summed E-state index contributed by atoms with van der Waals surface area (Å²) in [7, 11) is 0. The maximum atomic E-state index is 12.2. The Kier molecular flexibility index (Phi) is 4.26. The lowest BCUT2D eigenvalue weighted by Gasteiger charge is -2.17. The van der Waals surface area contributed by atoms with Gasteiger partial charge in [0, 0.05) is 23.9 Å². The summed E-state index contributed by atoms with van der Waals surface area (Å²) in [5.74, 6) is 0.835. The molecule has 2 amide bonds. The molecule has 0 saturated carbocycles. The molecule has 7 heteroatoms. The van der Waals surface area contributed by atoms with E-state index >= 15 is 0 Å². The van der Waals surface area contributed by atoms with E-state index in [0.29, 0.717) is 35.1 Å². The molecule has 2 aliphatic heterocycles. The highest BCUT2D eigenvalue weighted by Gasteiger charge is 2.18. The summed E-state index contributed by atoms with van der Waals surface area (Å²) < 4.78 is 10.6. The van der Waals surface area contributed by atoms with Gasteiger partial charge in [-0.3, -0.25) is 9.59 Å². The van der Waals surface area contributed by atoms with Crippen molar-refractivity contribution in [1.82, 2.24) is 0 Å². The van der Waals surface area contributed by atoms with Crippen molar-refractivity contribution in [2.45, 2.75) is 12.8 Å². The molecule has 0 saturated heterocycles. The monoisotopic (exact) mass is 370 g/mol. The van der Waals surface area contributed by atoms with Gasteiger partial charge in [0.1, 0.15) is 0 Å². The van der Waals surface area contributed by atoms with Gasteiger partial charge in [0.25, 0.3) is 0 Å². The molecule has 2 aliphatic rings. The van der Waals surface area contributed by atoms with E-state index < -0.39 is 0 Å². The molecule has 0 bridgehead atoms. The summed E-state index contributed by atoms with van der Waals surface area (Å²) in [6.07, 6.45) is 4.20. The van der Waals surface area contributed by atoms with E-state index in [1.807, 2.05) is 6.07 Å². The second kappa shape index (κ2) is 6.72. The zero-order valence-electron chi connectivity index (χ0n) is 13.7. The Labute approximate surface area is 154 Å². The molecule has 2 N–H and O–H groups in total. The topological polar surface area (TPSA) is 76.7 Å². The zero-order chi connectivity index (χ0) is 18.1.